The fraction of sp³-hybridized carbons (Fsp3) is 0.385. The summed E-state index contributed by atoms with van der Waals surface area (Å²) in [4.78, 5) is 28.9. The number of hydrogen-bond acceptors (Lipinski definition) is 5. The number of rotatable bonds is 2. The van der Waals surface area contributed by atoms with Gasteiger partial charge in [-0.25, -0.2) is 4.52 Å². The molecule has 1 unspecified atom stereocenters. The van der Waals surface area contributed by atoms with Crippen LogP contribution in [0.1, 0.15) is 18.5 Å². The average Bonchev–Trinajstić information content (AvgIpc) is 2.84. The molecular formula is C13H15N5O2. The number of fused-ring (bicyclic) bond motifs is 1. The predicted octanol–water partition coefficient (Wildman–Crippen LogP) is 0.597. The van der Waals surface area contributed by atoms with E-state index in [9.17, 15) is 9.59 Å². The van der Waals surface area contributed by atoms with Gasteiger partial charge in [0.1, 0.15) is 6.04 Å². The number of amides is 2. The number of nitrogens with one attached hydrogen (secondary N) is 1. The van der Waals surface area contributed by atoms with Gasteiger partial charge in [-0.05, 0) is 25.5 Å². The zero-order valence-electron chi connectivity index (χ0n) is 11.3. The van der Waals surface area contributed by atoms with E-state index in [-0.39, 0.29) is 11.8 Å². The van der Waals surface area contributed by atoms with Crippen LogP contribution in [0.25, 0.3) is 5.65 Å². The van der Waals surface area contributed by atoms with Crippen LogP contribution in [-0.2, 0) is 9.59 Å². The summed E-state index contributed by atoms with van der Waals surface area (Å²) >= 11 is 0. The number of carbonyl (C=O) groups excluding carboxylic acids is 2. The van der Waals surface area contributed by atoms with Gasteiger partial charge in [-0.2, -0.15) is 4.98 Å². The van der Waals surface area contributed by atoms with Gasteiger partial charge in [0.25, 0.3) is 5.91 Å². The SMILES string of the molecule is Cc1cccc2nc(NC3CCC(=O)N(C)C3=O)nn12. The van der Waals surface area contributed by atoms with Gasteiger partial charge in [0.05, 0.1) is 0 Å². The Morgan fingerprint density at radius 2 is 2.15 bits per heavy atom. The summed E-state index contributed by atoms with van der Waals surface area (Å²) in [6.45, 7) is 1.93. The summed E-state index contributed by atoms with van der Waals surface area (Å²) in [5.74, 6) is 0.0177. The van der Waals surface area contributed by atoms with Gasteiger partial charge in [0, 0.05) is 19.2 Å². The van der Waals surface area contributed by atoms with Crippen molar-refractivity contribution >= 4 is 23.4 Å². The summed E-state index contributed by atoms with van der Waals surface area (Å²) in [5, 5.41) is 7.34. The van der Waals surface area contributed by atoms with Crippen LogP contribution in [0.2, 0.25) is 0 Å². The molecule has 20 heavy (non-hydrogen) atoms. The van der Waals surface area contributed by atoms with E-state index in [0.717, 1.165) is 16.2 Å². The van der Waals surface area contributed by atoms with Crippen LogP contribution < -0.4 is 5.32 Å². The second kappa shape index (κ2) is 4.59. The van der Waals surface area contributed by atoms with E-state index in [1.807, 2.05) is 25.1 Å². The zero-order chi connectivity index (χ0) is 14.3. The molecule has 0 bridgehead atoms. The van der Waals surface area contributed by atoms with Crippen molar-refractivity contribution in [2.75, 3.05) is 12.4 Å². The number of likely N-dealkylation sites (tertiary alicyclic amines) is 1. The van der Waals surface area contributed by atoms with E-state index < -0.39 is 6.04 Å². The smallest absolute Gasteiger partial charge is 0.251 e. The highest BCUT2D eigenvalue weighted by atomic mass is 16.2. The average molecular weight is 273 g/mol. The van der Waals surface area contributed by atoms with Gasteiger partial charge in [-0.3, -0.25) is 14.5 Å². The lowest BCUT2D eigenvalue weighted by Crippen LogP contribution is -2.48. The van der Waals surface area contributed by atoms with Gasteiger partial charge >= 0.3 is 0 Å². The van der Waals surface area contributed by atoms with Crippen molar-refractivity contribution in [3.63, 3.8) is 0 Å². The molecule has 104 valence electrons. The summed E-state index contributed by atoms with van der Waals surface area (Å²) in [6, 6.07) is 5.24. The highest BCUT2D eigenvalue weighted by molar-refractivity contribution is 6.01. The molecule has 0 aliphatic carbocycles. The van der Waals surface area contributed by atoms with Crippen molar-refractivity contribution < 1.29 is 9.59 Å². The Morgan fingerprint density at radius 1 is 1.35 bits per heavy atom. The lowest BCUT2D eigenvalue weighted by atomic mass is 10.1. The van der Waals surface area contributed by atoms with Crippen LogP contribution in [0.5, 0.6) is 0 Å². The molecule has 0 spiro atoms. The maximum Gasteiger partial charge on any atom is 0.251 e. The molecule has 2 amide bonds. The van der Waals surface area contributed by atoms with Crippen LogP contribution in [0.4, 0.5) is 5.95 Å². The highest BCUT2D eigenvalue weighted by Gasteiger charge is 2.32. The Morgan fingerprint density at radius 3 is 2.90 bits per heavy atom. The number of imide groups is 1. The summed E-state index contributed by atoms with van der Waals surface area (Å²) < 4.78 is 1.71. The Kier molecular flexibility index (Phi) is 2.89. The third-order valence-corrected chi connectivity index (χ3v) is 3.50. The Hall–Kier alpha value is -2.44. The third-order valence-electron chi connectivity index (χ3n) is 3.50. The van der Waals surface area contributed by atoms with Crippen molar-refractivity contribution in [2.24, 2.45) is 0 Å². The summed E-state index contributed by atoms with van der Waals surface area (Å²) in [7, 11) is 1.50. The molecule has 2 aromatic heterocycles. The van der Waals surface area contributed by atoms with Gasteiger partial charge in [-0.1, -0.05) is 6.07 Å². The number of anilines is 1. The quantitative estimate of drug-likeness (QED) is 0.810. The molecule has 1 aliphatic rings. The van der Waals surface area contributed by atoms with Crippen LogP contribution in [0, 0.1) is 6.92 Å². The van der Waals surface area contributed by atoms with E-state index in [4.69, 9.17) is 0 Å². The largest absolute Gasteiger partial charge is 0.341 e. The molecule has 0 radical (unpaired) electrons. The number of hydrogen-bond donors (Lipinski definition) is 1. The number of nitrogens with zero attached hydrogens (tertiary/aromatic N) is 4. The molecule has 7 nitrogen and oxygen atoms in total. The number of likely N-dealkylation sites (N-methyl/N-ethyl adjacent to an activating group) is 1. The van der Waals surface area contributed by atoms with E-state index in [1.54, 1.807) is 4.52 Å². The Bertz CT molecular complexity index is 693. The molecule has 1 aliphatic heterocycles. The molecule has 7 heteroatoms. The molecule has 3 heterocycles. The number of piperidine rings is 1. The monoisotopic (exact) mass is 273 g/mol. The number of aryl methyl sites for hydroxylation is 1. The second-order valence-electron chi connectivity index (χ2n) is 4.90. The second-order valence-corrected chi connectivity index (χ2v) is 4.90. The third kappa shape index (κ3) is 2.01. The Labute approximate surface area is 115 Å². The first-order chi connectivity index (χ1) is 9.56. The molecule has 2 aromatic rings. The first-order valence-electron chi connectivity index (χ1n) is 6.45. The van der Waals surface area contributed by atoms with Crippen molar-refractivity contribution in [2.45, 2.75) is 25.8 Å². The van der Waals surface area contributed by atoms with Crippen LogP contribution in [0.15, 0.2) is 18.2 Å². The van der Waals surface area contributed by atoms with Gasteiger partial charge in [-0.15, -0.1) is 5.10 Å². The lowest BCUT2D eigenvalue weighted by molar-refractivity contribution is -0.146. The van der Waals surface area contributed by atoms with E-state index >= 15 is 0 Å². The Balaban J connectivity index is 1.84. The maximum absolute atomic E-state index is 12.0. The molecule has 1 saturated heterocycles. The normalized spacial score (nSPS) is 19.7. The van der Waals surface area contributed by atoms with Gasteiger partial charge in [0.2, 0.25) is 11.9 Å². The van der Waals surface area contributed by atoms with E-state index in [0.29, 0.717) is 18.8 Å². The van der Waals surface area contributed by atoms with Crippen LogP contribution in [-0.4, -0.2) is 44.4 Å². The molecular weight excluding hydrogens is 258 g/mol. The van der Waals surface area contributed by atoms with Crippen LogP contribution >= 0.6 is 0 Å². The number of carbonyl (C=O) groups is 2. The first-order valence-corrected chi connectivity index (χ1v) is 6.45. The molecule has 0 saturated carbocycles. The predicted molar refractivity (Wildman–Crippen MR) is 72.1 cm³/mol. The number of aromatic nitrogens is 3. The summed E-state index contributed by atoms with van der Waals surface area (Å²) in [6.07, 6.45) is 0.822. The fourth-order valence-electron chi connectivity index (χ4n) is 2.30. The zero-order valence-corrected chi connectivity index (χ0v) is 11.3. The minimum absolute atomic E-state index is 0.146. The molecule has 0 aromatic carbocycles. The van der Waals surface area contributed by atoms with Crippen LogP contribution in [0.3, 0.4) is 0 Å². The minimum Gasteiger partial charge on any atom is -0.341 e. The molecule has 1 atom stereocenters. The highest BCUT2D eigenvalue weighted by Crippen LogP contribution is 2.16. The standard InChI is InChI=1S/C13H15N5O2/c1-8-4-3-5-10-15-13(16-18(8)10)14-9-6-7-11(19)17(2)12(9)20/h3-5,9H,6-7H2,1-2H3,(H,14,16). The van der Waals surface area contributed by atoms with Crippen molar-refractivity contribution in [1.29, 1.82) is 0 Å². The molecule has 1 N–H and O–H groups in total. The van der Waals surface area contributed by atoms with Crippen molar-refractivity contribution in [3.8, 4) is 0 Å². The van der Waals surface area contributed by atoms with Crippen molar-refractivity contribution in [1.82, 2.24) is 19.5 Å². The summed E-state index contributed by atoms with van der Waals surface area (Å²) in [5.41, 5.74) is 1.69. The van der Waals surface area contributed by atoms with Gasteiger partial charge < -0.3 is 5.32 Å². The fourth-order valence-corrected chi connectivity index (χ4v) is 2.30. The number of pyridine rings is 1. The topological polar surface area (TPSA) is 79.6 Å². The minimum atomic E-state index is -0.449. The van der Waals surface area contributed by atoms with E-state index in [1.165, 1.54) is 7.05 Å². The van der Waals surface area contributed by atoms with Crippen molar-refractivity contribution in [3.05, 3.63) is 23.9 Å². The first kappa shape index (κ1) is 12.6. The molecule has 3 rings (SSSR count). The van der Waals surface area contributed by atoms with E-state index in [2.05, 4.69) is 15.4 Å². The lowest BCUT2D eigenvalue weighted by Gasteiger charge is -2.27. The molecule has 1 fully saturated rings. The van der Waals surface area contributed by atoms with Gasteiger partial charge in [0.15, 0.2) is 5.65 Å². The maximum atomic E-state index is 12.0.